The van der Waals surface area contributed by atoms with Crippen molar-refractivity contribution in [2.24, 2.45) is 0 Å². The average Bonchev–Trinajstić information content (AvgIpc) is 2.98. The maximum atomic E-state index is 12.7. The quantitative estimate of drug-likeness (QED) is 0.617. The second kappa shape index (κ2) is 7.72. The van der Waals surface area contributed by atoms with E-state index in [0.717, 1.165) is 12.1 Å². The number of fused-ring (bicyclic) bond motifs is 1. The zero-order valence-electron chi connectivity index (χ0n) is 16.2. The lowest BCUT2D eigenvalue weighted by Gasteiger charge is -2.12. The summed E-state index contributed by atoms with van der Waals surface area (Å²) in [6.45, 7) is 5.97. The zero-order valence-corrected chi connectivity index (χ0v) is 17.1. The summed E-state index contributed by atoms with van der Waals surface area (Å²) in [7, 11) is -2.33. The first-order valence-electron chi connectivity index (χ1n) is 9.01. The van der Waals surface area contributed by atoms with Gasteiger partial charge in [-0.15, -0.1) is 0 Å². The molecule has 9 nitrogen and oxygen atoms in total. The van der Waals surface area contributed by atoms with Gasteiger partial charge in [-0.05, 0) is 45.5 Å². The highest BCUT2D eigenvalue weighted by Crippen LogP contribution is 2.30. The molecule has 3 rings (SSSR count). The number of ether oxygens (including phenoxy) is 1. The fourth-order valence-corrected chi connectivity index (χ4v) is 3.77. The number of hydrogen-bond acceptors (Lipinski definition) is 6. The van der Waals surface area contributed by atoms with Crippen molar-refractivity contribution < 1.29 is 13.2 Å². The lowest BCUT2D eigenvalue weighted by Crippen LogP contribution is -2.20. The number of aromatic amines is 1. The Balaban J connectivity index is 2.30. The summed E-state index contributed by atoms with van der Waals surface area (Å²) in [4.78, 5) is 24.5. The van der Waals surface area contributed by atoms with Crippen molar-refractivity contribution in [1.82, 2.24) is 24.1 Å². The molecule has 0 saturated heterocycles. The molecule has 0 saturated carbocycles. The molecule has 28 heavy (non-hydrogen) atoms. The third-order valence-electron chi connectivity index (χ3n) is 4.31. The second-order valence-electron chi connectivity index (χ2n) is 6.20. The molecule has 3 aromatic rings. The minimum atomic E-state index is -3.67. The monoisotopic (exact) mass is 405 g/mol. The maximum Gasteiger partial charge on any atom is 0.334 e. The second-order valence-corrected chi connectivity index (χ2v) is 8.09. The van der Waals surface area contributed by atoms with Gasteiger partial charge in [0.25, 0.3) is 0 Å². The summed E-state index contributed by atoms with van der Waals surface area (Å²) in [5.41, 5.74) is 1.18. The fourth-order valence-electron chi connectivity index (χ4n) is 3.02. The molecule has 0 aliphatic heterocycles. The van der Waals surface area contributed by atoms with Gasteiger partial charge in [0.2, 0.25) is 10.0 Å². The van der Waals surface area contributed by atoms with E-state index < -0.39 is 15.7 Å². The van der Waals surface area contributed by atoms with Gasteiger partial charge in [0.05, 0.1) is 22.8 Å². The molecule has 1 aromatic carbocycles. The van der Waals surface area contributed by atoms with E-state index in [1.54, 1.807) is 13.0 Å². The third-order valence-corrected chi connectivity index (χ3v) is 5.72. The Morgan fingerprint density at radius 2 is 2.00 bits per heavy atom. The van der Waals surface area contributed by atoms with Gasteiger partial charge in [-0.3, -0.25) is 4.98 Å². The zero-order chi connectivity index (χ0) is 20.5. The van der Waals surface area contributed by atoms with E-state index in [-0.39, 0.29) is 10.7 Å². The van der Waals surface area contributed by atoms with Crippen LogP contribution in [0.5, 0.6) is 5.75 Å². The molecular weight excluding hydrogens is 382 g/mol. The molecule has 0 aliphatic rings. The average molecular weight is 405 g/mol. The summed E-state index contributed by atoms with van der Waals surface area (Å²) < 4.78 is 33.8. The Morgan fingerprint density at radius 1 is 1.25 bits per heavy atom. The number of H-pyrrole nitrogens is 1. The van der Waals surface area contributed by atoms with Gasteiger partial charge < -0.3 is 4.74 Å². The van der Waals surface area contributed by atoms with E-state index >= 15 is 0 Å². The number of aromatic nitrogens is 4. The standard InChI is InChI=1S/C18H23N5O4S/c1-5-7-14-17-21-16(22-18(24)23(17)11(3)20-14)13-10-12(28(25,26)19-4)8-9-15(13)27-6-2/h8-10,19H,5-7H2,1-4H3,(H,21,22,24). The van der Waals surface area contributed by atoms with Gasteiger partial charge in [0.1, 0.15) is 17.4 Å². The number of hydrogen-bond donors (Lipinski definition) is 2. The van der Waals surface area contributed by atoms with Gasteiger partial charge in [-0.1, -0.05) is 13.3 Å². The fraction of sp³-hybridized carbons (Fsp3) is 0.389. The van der Waals surface area contributed by atoms with E-state index in [0.29, 0.717) is 35.8 Å². The molecule has 0 atom stereocenters. The minimum Gasteiger partial charge on any atom is -0.493 e. The molecular formula is C18H23N5O4S. The molecule has 0 aliphatic carbocycles. The number of nitrogens with zero attached hydrogens (tertiary/aromatic N) is 3. The van der Waals surface area contributed by atoms with Crippen molar-refractivity contribution in [3.63, 3.8) is 0 Å². The molecule has 2 aromatic heterocycles. The van der Waals surface area contributed by atoms with Crippen molar-refractivity contribution in [1.29, 1.82) is 0 Å². The minimum absolute atomic E-state index is 0.0504. The van der Waals surface area contributed by atoms with Crippen LogP contribution in [0.1, 0.15) is 31.8 Å². The summed E-state index contributed by atoms with van der Waals surface area (Å²) in [5.74, 6) is 1.21. The first kappa shape index (κ1) is 20.0. The molecule has 0 unspecified atom stereocenters. The Labute approximate surface area is 162 Å². The van der Waals surface area contributed by atoms with Crippen LogP contribution >= 0.6 is 0 Å². The van der Waals surface area contributed by atoms with Gasteiger partial charge in [-0.2, -0.15) is 0 Å². The molecule has 0 amide bonds. The third kappa shape index (κ3) is 3.52. The van der Waals surface area contributed by atoms with Crippen LogP contribution in [-0.2, 0) is 16.4 Å². The first-order chi connectivity index (χ1) is 13.3. The van der Waals surface area contributed by atoms with E-state index in [1.807, 2.05) is 13.8 Å². The number of rotatable bonds is 7. The van der Waals surface area contributed by atoms with Crippen LogP contribution < -0.4 is 15.1 Å². The molecule has 10 heteroatoms. The predicted molar refractivity (Wildman–Crippen MR) is 105 cm³/mol. The molecule has 2 heterocycles. The van der Waals surface area contributed by atoms with Crippen LogP contribution in [0.25, 0.3) is 17.0 Å². The number of benzene rings is 1. The Morgan fingerprint density at radius 3 is 2.64 bits per heavy atom. The predicted octanol–water partition coefficient (Wildman–Crippen LogP) is 1.65. The summed E-state index contributed by atoms with van der Waals surface area (Å²) >= 11 is 0. The number of aryl methyl sites for hydroxylation is 2. The SMILES string of the molecule is CCCc1nc(C)n2c(=O)[nH]c(-c3cc(S(=O)(=O)NC)ccc3OCC)nc12. The molecule has 2 N–H and O–H groups in total. The lowest BCUT2D eigenvalue weighted by molar-refractivity contribution is 0.341. The van der Waals surface area contributed by atoms with Crippen molar-refractivity contribution >= 4 is 15.7 Å². The van der Waals surface area contributed by atoms with Gasteiger partial charge >= 0.3 is 5.69 Å². The van der Waals surface area contributed by atoms with Crippen molar-refractivity contribution in [2.45, 2.75) is 38.5 Å². The lowest BCUT2D eigenvalue weighted by atomic mass is 10.2. The van der Waals surface area contributed by atoms with Crippen molar-refractivity contribution in [2.75, 3.05) is 13.7 Å². The highest BCUT2D eigenvalue weighted by molar-refractivity contribution is 7.89. The largest absolute Gasteiger partial charge is 0.493 e. The van der Waals surface area contributed by atoms with Crippen molar-refractivity contribution in [3.8, 4) is 17.1 Å². The first-order valence-corrected chi connectivity index (χ1v) is 10.5. The normalized spacial score (nSPS) is 11.9. The van der Waals surface area contributed by atoms with Gasteiger partial charge in [-0.25, -0.2) is 32.3 Å². The van der Waals surface area contributed by atoms with E-state index in [1.165, 1.54) is 23.6 Å². The topological polar surface area (TPSA) is 118 Å². The molecule has 0 radical (unpaired) electrons. The molecule has 0 bridgehead atoms. The van der Waals surface area contributed by atoms with Crippen LogP contribution in [0.3, 0.4) is 0 Å². The van der Waals surface area contributed by atoms with Crippen LogP contribution in [0, 0.1) is 6.92 Å². The van der Waals surface area contributed by atoms with Crippen LogP contribution in [0.2, 0.25) is 0 Å². The highest BCUT2D eigenvalue weighted by atomic mass is 32.2. The van der Waals surface area contributed by atoms with Crippen LogP contribution in [-0.4, -0.2) is 41.4 Å². The van der Waals surface area contributed by atoms with Crippen LogP contribution in [0.15, 0.2) is 27.9 Å². The summed E-state index contributed by atoms with van der Waals surface area (Å²) in [6, 6.07) is 4.44. The Hall–Kier alpha value is -2.72. The van der Waals surface area contributed by atoms with E-state index in [2.05, 4.69) is 19.7 Å². The van der Waals surface area contributed by atoms with Gasteiger partial charge in [0, 0.05) is 0 Å². The summed E-state index contributed by atoms with van der Waals surface area (Å²) in [6.07, 6.45) is 1.54. The number of nitrogens with one attached hydrogen (secondary N) is 2. The van der Waals surface area contributed by atoms with Crippen LogP contribution in [0.4, 0.5) is 0 Å². The highest BCUT2D eigenvalue weighted by Gasteiger charge is 2.19. The van der Waals surface area contributed by atoms with Crippen molar-refractivity contribution in [3.05, 3.63) is 40.2 Å². The Bertz CT molecular complexity index is 1180. The van der Waals surface area contributed by atoms with E-state index in [9.17, 15) is 13.2 Å². The number of imidazole rings is 1. The smallest absolute Gasteiger partial charge is 0.334 e. The Kier molecular flexibility index (Phi) is 5.52. The molecule has 150 valence electrons. The molecule has 0 spiro atoms. The van der Waals surface area contributed by atoms with Gasteiger partial charge in [0.15, 0.2) is 5.65 Å². The van der Waals surface area contributed by atoms with E-state index in [4.69, 9.17) is 4.74 Å². The number of sulfonamides is 1. The summed E-state index contributed by atoms with van der Waals surface area (Å²) in [5, 5.41) is 0. The molecule has 0 fully saturated rings. The maximum absolute atomic E-state index is 12.7.